The van der Waals surface area contributed by atoms with Gasteiger partial charge in [-0.05, 0) is 24.5 Å². The minimum atomic E-state index is 0.580. The molecule has 0 saturated heterocycles. The van der Waals surface area contributed by atoms with Crippen LogP contribution in [0, 0.1) is 11.3 Å². The highest BCUT2D eigenvalue weighted by atomic mass is 15.3. The Morgan fingerprint density at radius 1 is 1.15 bits per heavy atom. The maximum absolute atomic E-state index is 9.43. The van der Waals surface area contributed by atoms with Crippen molar-refractivity contribution in [1.82, 2.24) is 14.8 Å². The van der Waals surface area contributed by atoms with Crippen molar-refractivity contribution in [2.45, 2.75) is 32.2 Å². The minimum Gasteiger partial charge on any atom is -0.310 e. The molecule has 2 heterocycles. The number of hydrogen-bond acceptors (Lipinski definition) is 3. The summed E-state index contributed by atoms with van der Waals surface area (Å²) in [5.41, 5.74) is 1.59. The Labute approximate surface area is 118 Å². The predicted octanol–water partition coefficient (Wildman–Crippen LogP) is 3.07. The number of rotatable bonds is 2. The van der Waals surface area contributed by atoms with Crippen LogP contribution < -0.4 is 0 Å². The molecule has 0 N–H and O–H groups in total. The number of nitrogens with zero attached hydrogens (tertiary/aromatic N) is 4. The van der Waals surface area contributed by atoms with E-state index in [1.165, 1.54) is 6.42 Å². The van der Waals surface area contributed by atoms with Gasteiger partial charge in [-0.2, -0.15) is 5.26 Å². The van der Waals surface area contributed by atoms with Crippen molar-refractivity contribution in [1.29, 1.82) is 5.26 Å². The third-order valence-corrected chi connectivity index (χ3v) is 3.58. The average Bonchev–Trinajstić information content (AvgIpc) is 2.74. The number of fused-ring (bicyclic) bond motifs is 1. The Balaban J connectivity index is 2.01. The van der Waals surface area contributed by atoms with Crippen LogP contribution >= 0.6 is 0 Å². The molecule has 0 aliphatic carbocycles. The molecule has 4 nitrogen and oxygen atoms in total. The van der Waals surface area contributed by atoms with E-state index in [1.54, 1.807) is 0 Å². The molecule has 20 heavy (non-hydrogen) atoms. The van der Waals surface area contributed by atoms with Gasteiger partial charge in [-0.25, -0.2) is 0 Å². The molecule has 0 unspecified atom stereocenters. The van der Waals surface area contributed by atoms with Crippen molar-refractivity contribution in [3.05, 3.63) is 47.5 Å². The second-order valence-corrected chi connectivity index (χ2v) is 4.98. The van der Waals surface area contributed by atoms with Gasteiger partial charge in [-0.3, -0.25) is 0 Å². The van der Waals surface area contributed by atoms with E-state index in [1.807, 2.05) is 36.4 Å². The van der Waals surface area contributed by atoms with Crippen LogP contribution in [-0.4, -0.2) is 14.8 Å². The second-order valence-electron chi connectivity index (χ2n) is 4.98. The summed E-state index contributed by atoms with van der Waals surface area (Å²) >= 11 is 0. The zero-order valence-corrected chi connectivity index (χ0v) is 11.3. The molecule has 0 bridgehead atoms. The van der Waals surface area contributed by atoms with Gasteiger partial charge >= 0.3 is 0 Å². The van der Waals surface area contributed by atoms with Crippen LogP contribution in [-0.2, 0) is 13.0 Å². The third-order valence-electron chi connectivity index (χ3n) is 3.58. The lowest BCUT2D eigenvalue weighted by atomic mass is 10.1. The quantitative estimate of drug-likeness (QED) is 0.783. The highest BCUT2D eigenvalue weighted by Gasteiger charge is 2.17. The molecule has 0 amide bonds. The van der Waals surface area contributed by atoms with Gasteiger partial charge in [-0.15, -0.1) is 10.2 Å². The number of benzene rings is 1. The molecular weight excluding hydrogens is 248 g/mol. The number of aromatic nitrogens is 3. The van der Waals surface area contributed by atoms with Crippen LogP contribution in [0.2, 0.25) is 0 Å². The molecule has 4 heteroatoms. The summed E-state index contributed by atoms with van der Waals surface area (Å²) in [5, 5.41) is 17.9. The van der Waals surface area contributed by atoms with E-state index in [0.29, 0.717) is 11.4 Å². The molecule has 0 atom stereocenters. The molecule has 0 fully saturated rings. The number of hydrogen-bond donors (Lipinski definition) is 0. The smallest absolute Gasteiger partial charge is 0.174 e. The normalized spacial score (nSPS) is 15.2. The first kappa shape index (κ1) is 12.6. The van der Waals surface area contributed by atoms with Crippen molar-refractivity contribution < 1.29 is 0 Å². The average molecular weight is 264 g/mol. The summed E-state index contributed by atoms with van der Waals surface area (Å²) in [6.07, 6.45) is 6.33. The fourth-order valence-electron chi connectivity index (χ4n) is 2.55. The van der Waals surface area contributed by atoms with Gasteiger partial charge in [0.15, 0.2) is 5.82 Å². The largest absolute Gasteiger partial charge is 0.310 e. The lowest BCUT2D eigenvalue weighted by molar-refractivity contribution is 0.627. The monoisotopic (exact) mass is 264 g/mol. The fraction of sp³-hybridized carbons (Fsp3) is 0.312. The summed E-state index contributed by atoms with van der Waals surface area (Å²) in [6.45, 7) is 0.908. The zero-order chi connectivity index (χ0) is 13.8. The summed E-state index contributed by atoms with van der Waals surface area (Å²) in [4.78, 5) is 0. The van der Waals surface area contributed by atoms with Gasteiger partial charge in [0.2, 0.25) is 0 Å². The molecule has 1 aliphatic rings. The van der Waals surface area contributed by atoms with E-state index in [-0.39, 0.29) is 0 Å². The van der Waals surface area contributed by atoms with E-state index < -0.39 is 0 Å². The number of allylic oxidation sites excluding steroid dienone is 1. The van der Waals surface area contributed by atoms with Gasteiger partial charge < -0.3 is 4.57 Å². The maximum Gasteiger partial charge on any atom is 0.174 e. The van der Waals surface area contributed by atoms with E-state index in [4.69, 9.17) is 0 Å². The van der Waals surface area contributed by atoms with Crippen molar-refractivity contribution in [3.63, 3.8) is 0 Å². The Kier molecular flexibility index (Phi) is 3.60. The molecular formula is C16H16N4. The minimum absolute atomic E-state index is 0.580. The van der Waals surface area contributed by atoms with Gasteiger partial charge in [0.05, 0.1) is 5.57 Å². The molecule has 0 radical (unpaired) electrons. The topological polar surface area (TPSA) is 54.5 Å². The molecule has 1 aromatic carbocycles. The van der Waals surface area contributed by atoms with E-state index in [0.717, 1.165) is 37.2 Å². The lowest BCUT2D eigenvalue weighted by Crippen LogP contribution is -2.05. The van der Waals surface area contributed by atoms with Gasteiger partial charge in [0.25, 0.3) is 0 Å². The van der Waals surface area contributed by atoms with Gasteiger partial charge in [0, 0.05) is 13.0 Å². The van der Waals surface area contributed by atoms with Crippen LogP contribution in [0.25, 0.3) is 11.6 Å². The van der Waals surface area contributed by atoms with Crippen LogP contribution in [0.1, 0.15) is 36.5 Å². The first-order chi connectivity index (χ1) is 9.88. The number of aryl methyl sites for hydroxylation is 1. The molecule has 2 aromatic rings. The molecule has 1 aromatic heterocycles. The zero-order valence-electron chi connectivity index (χ0n) is 11.3. The Morgan fingerprint density at radius 2 is 2.00 bits per heavy atom. The maximum atomic E-state index is 9.43. The van der Waals surface area contributed by atoms with E-state index in [2.05, 4.69) is 20.8 Å². The number of nitriles is 1. The highest BCUT2D eigenvalue weighted by Crippen LogP contribution is 2.21. The molecule has 0 spiro atoms. The van der Waals surface area contributed by atoms with E-state index in [9.17, 15) is 5.26 Å². The Bertz CT molecular complexity index is 662. The molecule has 100 valence electrons. The van der Waals surface area contributed by atoms with Gasteiger partial charge in [0.1, 0.15) is 11.9 Å². The molecule has 3 rings (SSSR count). The fourth-order valence-corrected chi connectivity index (χ4v) is 2.55. The van der Waals surface area contributed by atoms with Crippen LogP contribution in [0.3, 0.4) is 0 Å². The predicted molar refractivity (Wildman–Crippen MR) is 77.5 cm³/mol. The molecule has 1 aliphatic heterocycles. The molecule has 0 saturated carbocycles. The van der Waals surface area contributed by atoms with Crippen molar-refractivity contribution in [2.75, 3.05) is 0 Å². The summed E-state index contributed by atoms with van der Waals surface area (Å²) < 4.78 is 2.10. The SMILES string of the molecule is N#C/C(=C/c1ccccc1)c1nnc2n1CCCCC2. The van der Waals surface area contributed by atoms with Crippen LogP contribution in [0.4, 0.5) is 0 Å². The summed E-state index contributed by atoms with van der Waals surface area (Å²) in [5.74, 6) is 1.71. The second kappa shape index (κ2) is 5.70. The summed E-state index contributed by atoms with van der Waals surface area (Å²) in [6, 6.07) is 12.1. The standard InChI is InChI=1S/C16H16N4/c17-12-14(11-13-7-3-1-4-8-13)16-19-18-15-9-5-2-6-10-20(15)16/h1,3-4,7-8,11H,2,5-6,9-10H2/b14-11-. The first-order valence-electron chi connectivity index (χ1n) is 6.98. The first-order valence-corrected chi connectivity index (χ1v) is 6.98. The van der Waals surface area contributed by atoms with Crippen molar-refractivity contribution in [3.8, 4) is 6.07 Å². The van der Waals surface area contributed by atoms with Crippen LogP contribution in [0.5, 0.6) is 0 Å². The Morgan fingerprint density at radius 3 is 2.80 bits per heavy atom. The van der Waals surface area contributed by atoms with E-state index >= 15 is 0 Å². The third kappa shape index (κ3) is 2.48. The Hall–Kier alpha value is -2.41. The van der Waals surface area contributed by atoms with Crippen molar-refractivity contribution in [2.24, 2.45) is 0 Å². The lowest BCUT2D eigenvalue weighted by Gasteiger charge is -2.05. The van der Waals surface area contributed by atoms with Gasteiger partial charge in [-0.1, -0.05) is 36.8 Å². The highest BCUT2D eigenvalue weighted by molar-refractivity contribution is 5.87. The van der Waals surface area contributed by atoms with Crippen LogP contribution in [0.15, 0.2) is 30.3 Å². The van der Waals surface area contributed by atoms with Crippen molar-refractivity contribution >= 4 is 11.6 Å². The summed E-state index contributed by atoms with van der Waals surface area (Å²) in [7, 11) is 0.